The van der Waals surface area contributed by atoms with Gasteiger partial charge in [-0.3, -0.25) is 20.1 Å². The Hall–Kier alpha value is -3.31. The van der Waals surface area contributed by atoms with Gasteiger partial charge >= 0.3 is 12.5 Å². The second-order valence-electron chi connectivity index (χ2n) is 7.06. The highest BCUT2D eigenvalue weighted by atomic mass is 19.4. The molecule has 1 aliphatic heterocycles. The second kappa shape index (κ2) is 7.43. The molecular formula is C19H16F6N4O2. The van der Waals surface area contributed by atoms with E-state index in [1.807, 2.05) is 0 Å². The van der Waals surface area contributed by atoms with Crippen molar-refractivity contribution in [1.82, 2.24) is 15.2 Å². The van der Waals surface area contributed by atoms with Crippen LogP contribution in [0.4, 0.5) is 26.3 Å². The summed E-state index contributed by atoms with van der Waals surface area (Å²) in [5.41, 5.74) is -2.39. The predicted octanol–water partition coefficient (Wildman–Crippen LogP) is 3.99. The Morgan fingerprint density at radius 3 is 2.39 bits per heavy atom. The first-order valence-corrected chi connectivity index (χ1v) is 8.76. The summed E-state index contributed by atoms with van der Waals surface area (Å²) in [6.07, 6.45) is -8.73. The molecule has 1 amide bonds. The van der Waals surface area contributed by atoms with Gasteiger partial charge in [0.05, 0.1) is 11.5 Å². The van der Waals surface area contributed by atoms with Gasteiger partial charge < -0.3 is 10.1 Å². The van der Waals surface area contributed by atoms with Crippen molar-refractivity contribution < 1.29 is 35.9 Å². The Bertz CT molecular complexity index is 1010. The van der Waals surface area contributed by atoms with E-state index in [0.29, 0.717) is 6.07 Å². The molecular weight excluding hydrogens is 430 g/mol. The van der Waals surface area contributed by atoms with Crippen molar-refractivity contribution in [2.75, 3.05) is 7.05 Å². The lowest BCUT2D eigenvalue weighted by molar-refractivity contribution is -0.274. The van der Waals surface area contributed by atoms with E-state index in [-0.39, 0.29) is 17.1 Å². The number of pyridine rings is 1. The summed E-state index contributed by atoms with van der Waals surface area (Å²) in [5.74, 6) is -2.71. The normalized spacial score (nSPS) is 22.3. The molecule has 2 atom stereocenters. The molecule has 1 aromatic carbocycles. The Kier molecular flexibility index (Phi) is 5.36. The van der Waals surface area contributed by atoms with E-state index in [0.717, 1.165) is 29.3 Å². The highest BCUT2D eigenvalue weighted by molar-refractivity contribution is 6.02. The van der Waals surface area contributed by atoms with Gasteiger partial charge in [-0.1, -0.05) is 18.2 Å². The number of ether oxygens (including phenoxy) is 1. The van der Waals surface area contributed by atoms with E-state index < -0.39 is 41.3 Å². The van der Waals surface area contributed by atoms with Crippen LogP contribution in [0.3, 0.4) is 0 Å². The van der Waals surface area contributed by atoms with E-state index in [4.69, 9.17) is 5.41 Å². The van der Waals surface area contributed by atoms with Crippen LogP contribution < -0.4 is 10.1 Å². The molecule has 1 fully saturated rings. The molecule has 166 valence electrons. The number of hydrogen-bond acceptors (Lipinski definition) is 4. The monoisotopic (exact) mass is 446 g/mol. The third kappa shape index (κ3) is 4.42. The Balaban J connectivity index is 2.10. The van der Waals surface area contributed by atoms with Gasteiger partial charge in [-0.25, -0.2) is 0 Å². The number of likely N-dealkylation sites (N-methyl/N-ethyl adjacent to an activating group) is 1. The fraction of sp³-hybridized carbons (Fsp3) is 0.316. The van der Waals surface area contributed by atoms with Crippen LogP contribution in [0.15, 0.2) is 42.6 Å². The molecule has 12 heteroatoms. The average molecular weight is 446 g/mol. The molecule has 2 N–H and O–H groups in total. The molecule has 0 bridgehead atoms. The lowest BCUT2D eigenvalue weighted by atomic mass is 9.74. The van der Waals surface area contributed by atoms with Crippen molar-refractivity contribution in [3.8, 4) is 5.75 Å². The number of aromatic nitrogens is 1. The van der Waals surface area contributed by atoms with Gasteiger partial charge in [0, 0.05) is 13.2 Å². The number of nitrogens with zero attached hydrogens (tertiary/aromatic N) is 2. The number of benzene rings is 1. The number of hydrogen-bond donors (Lipinski definition) is 2. The molecule has 0 radical (unpaired) electrons. The number of carbonyl (C=O) groups excluding carboxylic acids is 1. The van der Waals surface area contributed by atoms with Crippen molar-refractivity contribution >= 4 is 11.9 Å². The zero-order valence-corrected chi connectivity index (χ0v) is 16.1. The smallest absolute Gasteiger partial charge is 0.406 e. The third-order valence-electron chi connectivity index (χ3n) is 4.95. The van der Waals surface area contributed by atoms with Gasteiger partial charge in [-0.05, 0) is 36.2 Å². The minimum absolute atomic E-state index is 0.0921. The van der Waals surface area contributed by atoms with E-state index in [9.17, 15) is 31.1 Å². The summed E-state index contributed by atoms with van der Waals surface area (Å²) in [6.45, 7) is 1.46. The lowest BCUT2D eigenvalue weighted by Gasteiger charge is -2.45. The Morgan fingerprint density at radius 1 is 1.16 bits per heavy atom. The van der Waals surface area contributed by atoms with E-state index in [1.54, 1.807) is 0 Å². The van der Waals surface area contributed by atoms with Crippen molar-refractivity contribution in [3.63, 3.8) is 0 Å². The van der Waals surface area contributed by atoms with Crippen LogP contribution in [0.5, 0.6) is 5.75 Å². The number of guanidine groups is 1. The maximum absolute atomic E-state index is 13.0. The Labute approximate surface area is 172 Å². The van der Waals surface area contributed by atoms with Crippen LogP contribution in [0, 0.1) is 5.41 Å². The number of carbonyl (C=O) groups is 1. The van der Waals surface area contributed by atoms with Gasteiger partial charge in [-0.15, -0.1) is 13.2 Å². The molecule has 1 aliphatic rings. The highest BCUT2D eigenvalue weighted by Crippen LogP contribution is 2.42. The van der Waals surface area contributed by atoms with E-state index in [2.05, 4.69) is 15.0 Å². The molecule has 0 unspecified atom stereocenters. The summed E-state index contributed by atoms with van der Waals surface area (Å²) in [4.78, 5) is 17.3. The van der Waals surface area contributed by atoms with Crippen molar-refractivity contribution in [3.05, 3.63) is 59.4 Å². The number of rotatable bonds is 3. The maximum atomic E-state index is 13.0. The second-order valence-corrected chi connectivity index (χ2v) is 7.06. The van der Waals surface area contributed by atoms with Gasteiger partial charge in [0.25, 0.3) is 0 Å². The van der Waals surface area contributed by atoms with Crippen molar-refractivity contribution in [2.45, 2.75) is 30.9 Å². The van der Waals surface area contributed by atoms with Crippen molar-refractivity contribution in [1.29, 1.82) is 5.41 Å². The van der Waals surface area contributed by atoms with Gasteiger partial charge in [0.2, 0.25) is 5.91 Å². The summed E-state index contributed by atoms with van der Waals surface area (Å²) in [6, 6.07) is 6.61. The lowest BCUT2D eigenvalue weighted by Crippen LogP contribution is -2.62. The first-order valence-electron chi connectivity index (χ1n) is 8.76. The van der Waals surface area contributed by atoms with Crippen LogP contribution >= 0.6 is 0 Å². The highest BCUT2D eigenvalue weighted by Gasteiger charge is 2.49. The fourth-order valence-corrected chi connectivity index (χ4v) is 3.43. The molecule has 3 rings (SSSR count). The van der Waals surface area contributed by atoms with Crippen LogP contribution in [0.2, 0.25) is 0 Å². The molecule has 2 heterocycles. The molecule has 1 aromatic heterocycles. The summed E-state index contributed by atoms with van der Waals surface area (Å²) >= 11 is 0. The average Bonchev–Trinajstić information content (AvgIpc) is 2.65. The largest absolute Gasteiger partial charge is 0.573 e. The molecule has 2 aromatic rings. The number of alkyl halides is 6. The molecule has 6 nitrogen and oxygen atoms in total. The van der Waals surface area contributed by atoms with Crippen LogP contribution in [0.1, 0.15) is 29.7 Å². The number of amides is 1. The van der Waals surface area contributed by atoms with Gasteiger partial charge in [-0.2, -0.15) is 13.2 Å². The number of halogens is 6. The molecule has 0 aliphatic carbocycles. The molecule has 0 spiro atoms. The minimum atomic E-state index is -4.95. The first-order chi connectivity index (χ1) is 14.2. The minimum Gasteiger partial charge on any atom is -0.406 e. The third-order valence-corrected chi connectivity index (χ3v) is 4.95. The molecule has 0 saturated carbocycles. The SMILES string of the molecule is CN1C(=N)N[C@](C)(c2cccc(OC(F)(F)F)c2)[C@@H](c2ccc(C(F)(F)F)nc2)C1=O. The van der Waals surface area contributed by atoms with Crippen LogP contribution in [0.25, 0.3) is 0 Å². The summed E-state index contributed by atoms with van der Waals surface area (Å²) in [7, 11) is 1.30. The summed E-state index contributed by atoms with van der Waals surface area (Å²) in [5, 5.41) is 10.8. The Morgan fingerprint density at radius 2 is 1.84 bits per heavy atom. The summed E-state index contributed by atoms with van der Waals surface area (Å²) < 4.78 is 80.4. The maximum Gasteiger partial charge on any atom is 0.573 e. The van der Waals surface area contributed by atoms with Crippen molar-refractivity contribution in [2.24, 2.45) is 0 Å². The van der Waals surface area contributed by atoms with E-state index >= 15 is 0 Å². The van der Waals surface area contributed by atoms with Crippen LogP contribution in [-0.4, -0.2) is 35.2 Å². The molecule has 31 heavy (non-hydrogen) atoms. The van der Waals surface area contributed by atoms with Crippen LogP contribution in [-0.2, 0) is 16.5 Å². The standard InChI is InChI=1S/C19H16F6N4O2/c1-17(11-4-3-5-12(8-11)31-19(23,24)25)14(15(30)29(2)16(26)28-17)10-6-7-13(27-9-10)18(20,21)22/h3-9,14H,1-2H3,(H2,26,28)/t14-,17+/m0/s1. The van der Waals surface area contributed by atoms with E-state index in [1.165, 1.54) is 26.1 Å². The van der Waals surface area contributed by atoms with Gasteiger partial charge in [0.15, 0.2) is 5.96 Å². The zero-order valence-electron chi connectivity index (χ0n) is 16.1. The first kappa shape index (κ1) is 22.4. The predicted molar refractivity (Wildman–Crippen MR) is 96.1 cm³/mol. The quantitative estimate of drug-likeness (QED) is 0.699. The van der Waals surface area contributed by atoms with Gasteiger partial charge in [0.1, 0.15) is 11.4 Å². The fourth-order valence-electron chi connectivity index (χ4n) is 3.43. The molecule has 1 saturated heterocycles. The topological polar surface area (TPSA) is 78.3 Å². The zero-order chi connectivity index (χ0) is 23.2. The number of nitrogens with one attached hydrogen (secondary N) is 2.